The Hall–Kier alpha value is -2.40. The lowest BCUT2D eigenvalue weighted by atomic mass is 9.80. The smallest absolute Gasteiger partial charge is 0.210 e. The van der Waals surface area contributed by atoms with Crippen LogP contribution in [0.4, 0.5) is 10.1 Å². The van der Waals surface area contributed by atoms with Crippen molar-refractivity contribution in [2.75, 3.05) is 31.1 Å². The van der Waals surface area contributed by atoms with Gasteiger partial charge in [-0.05, 0) is 55.6 Å². The van der Waals surface area contributed by atoms with Crippen LogP contribution in [0.1, 0.15) is 18.4 Å². The number of piperazine rings is 1. The van der Waals surface area contributed by atoms with Crippen molar-refractivity contribution in [3.63, 3.8) is 0 Å². The van der Waals surface area contributed by atoms with E-state index in [0.717, 1.165) is 51.0 Å². The predicted molar refractivity (Wildman–Crippen MR) is 105 cm³/mol. The molecule has 2 aromatic rings. The maximum absolute atomic E-state index is 13.3. The van der Waals surface area contributed by atoms with E-state index in [0.29, 0.717) is 6.54 Å². The number of halogens is 1. The summed E-state index contributed by atoms with van der Waals surface area (Å²) in [7, 11) is 0. The van der Waals surface area contributed by atoms with Gasteiger partial charge in [0.15, 0.2) is 0 Å². The molecule has 0 radical (unpaired) electrons. The Labute approximate surface area is 160 Å². The van der Waals surface area contributed by atoms with Crippen molar-refractivity contribution in [1.29, 1.82) is 0 Å². The summed E-state index contributed by atoms with van der Waals surface area (Å²) in [6.45, 7) is 3.18. The van der Waals surface area contributed by atoms with Crippen molar-refractivity contribution < 1.29 is 9.18 Å². The fraction of sp³-hybridized carbons (Fsp3) is 0.409. The minimum Gasteiger partial charge on any atom is -0.368 e. The maximum atomic E-state index is 13.3. The molecule has 27 heavy (non-hydrogen) atoms. The number of rotatable bonds is 5. The summed E-state index contributed by atoms with van der Waals surface area (Å²) in [5.41, 5.74) is 2.18. The number of nitrogens with zero attached hydrogens (tertiary/aromatic N) is 2. The van der Waals surface area contributed by atoms with Gasteiger partial charge < -0.3 is 15.1 Å². The number of nitrogens with one attached hydrogen (secondary N) is 1. The van der Waals surface area contributed by atoms with E-state index in [2.05, 4.69) is 34.5 Å². The zero-order valence-electron chi connectivity index (χ0n) is 15.5. The lowest BCUT2D eigenvalue weighted by Crippen LogP contribution is -2.66. The largest absolute Gasteiger partial charge is 0.368 e. The molecule has 2 fully saturated rings. The fourth-order valence-electron chi connectivity index (χ4n) is 4.64. The molecule has 2 saturated heterocycles. The van der Waals surface area contributed by atoms with Crippen LogP contribution in [0, 0.1) is 5.82 Å². The molecule has 0 spiro atoms. The Morgan fingerprint density at radius 1 is 1.11 bits per heavy atom. The minimum absolute atomic E-state index is 0.0801. The summed E-state index contributed by atoms with van der Waals surface area (Å²) in [5.74, 6) is -0.222. The van der Waals surface area contributed by atoms with E-state index in [1.807, 2.05) is 23.1 Å². The second kappa shape index (κ2) is 7.69. The van der Waals surface area contributed by atoms with Crippen LogP contribution >= 0.6 is 0 Å². The number of carbonyl (C=O) groups is 1. The van der Waals surface area contributed by atoms with Crippen LogP contribution in [-0.2, 0) is 11.2 Å². The summed E-state index contributed by atoms with van der Waals surface area (Å²) < 4.78 is 13.3. The van der Waals surface area contributed by atoms with Gasteiger partial charge >= 0.3 is 0 Å². The van der Waals surface area contributed by atoms with E-state index in [-0.39, 0.29) is 17.4 Å². The first-order valence-corrected chi connectivity index (χ1v) is 9.71. The molecule has 2 aromatic carbocycles. The molecule has 4 rings (SSSR count). The van der Waals surface area contributed by atoms with Gasteiger partial charge in [-0.2, -0.15) is 0 Å². The van der Waals surface area contributed by atoms with Gasteiger partial charge in [0, 0.05) is 30.9 Å². The number of carbonyl (C=O) groups excluding carboxylic acids is 1. The molecule has 1 amide bonds. The first-order valence-electron chi connectivity index (χ1n) is 9.71. The average Bonchev–Trinajstić information content (AvgIpc) is 3.18. The Balaban J connectivity index is 1.62. The lowest BCUT2D eigenvalue weighted by molar-refractivity contribution is -0.122. The molecule has 0 aliphatic carbocycles. The van der Waals surface area contributed by atoms with Gasteiger partial charge in [0.2, 0.25) is 6.41 Å². The number of anilines is 1. The zero-order chi connectivity index (χ0) is 18.7. The van der Waals surface area contributed by atoms with E-state index in [1.165, 1.54) is 17.7 Å². The van der Waals surface area contributed by atoms with Crippen molar-refractivity contribution in [2.45, 2.75) is 30.8 Å². The summed E-state index contributed by atoms with van der Waals surface area (Å²) in [4.78, 5) is 16.1. The van der Waals surface area contributed by atoms with Crippen LogP contribution in [0.2, 0.25) is 0 Å². The molecule has 4 nitrogen and oxygen atoms in total. The van der Waals surface area contributed by atoms with E-state index >= 15 is 0 Å². The summed E-state index contributed by atoms with van der Waals surface area (Å²) in [6.07, 6.45) is 4.07. The molecule has 2 heterocycles. The molecule has 142 valence electrons. The van der Waals surface area contributed by atoms with Crippen molar-refractivity contribution in [3.8, 4) is 0 Å². The van der Waals surface area contributed by atoms with E-state index < -0.39 is 0 Å². The second-order valence-corrected chi connectivity index (χ2v) is 7.63. The first kappa shape index (κ1) is 18.0. The van der Waals surface area contributed by atoms with Crippen LogP contribution in [0.15, 0.2) is 54.6 Å². The van der Waals surface area contributed by atoms with Gasteiger partial charge in [0.05, 0.1) is 6.04 Å². The lowest BCUT2D eigenvalue weighted by Gasteiger charge is -2.49. The number of hydrogen-bond acceptors (Lipinski definition) is 3. The number of hydrogen-bond donors (Lipinski definition) is 1. The third kappa shape index (κ3) is 3.69. The maximum Gasteiger partial charge on any atom is 0.210 e. The van der Waals surface area contributed by atoms with Crippen LogP contribution in [0.3, 0.4) is 0 Å². The zero-order valence-corrected chi connectivity index (χ0v) is 15.5. The third-order valence-electron chi connectivity index (χ3n) is 6.03. The molecular formula is C22H26FN3O. The number of amides is 1. The highest BCUT2D eigenvalue weighted by Crippen LogP contribution is 2.33. The van der Waals surface area contributed by atoms with Crippen molar-refractivity contribution in [3.05, 3.63) is 66.0 Å². The molecule has 2 atom stereocenters. The Bertz CT molecular complexity index is 759. The monoisotopic (exact) mass is 367 g/mol. The molecule has 1 unspecified atom stereocenters. The number of benzene rings is 2. The molecule has 2 aliphatic heterocycles. The highest BCUT2D eigenvalue weighted by molar-refractivity contribution is 5.53. The standard InChI is InChI=1S/C22H26FN3O/c23-19-7-9-20(10-8-19)25-13-14-26(17-27)21(16-25)22(11-4-12-24-22)15-18-5-2-1-3-6-18/h1-3,5-10,17,21,24H,4,11-16H2/t21?,22-/m0/s1. The molecule has 5 heteroatoms. The molecule has 0 aromatic heterocycles. The molecular weight excluding hydrogens is 341 g/mol. The van der Waals surface area contributed by atoms with Gasteiger partial charge in [0.25, 0.3) is 0 Å². The topological polar surface area (TPSA) is 35.6 Å². The van der Waals surface area contributed by atoms with Gasteiger partial charge in [-0.1, -0.05) is 30.3 Å². The van der Waals surface area contributed by atoms with Gasteiger partial charge in [-0.15, -0.1) is 0 Å². The van der Waals surface area contributed by atoms with E-state index in [1.54, 1.807) is 0 Å². The van der Waals surface area contributed by atoms with Crippen LogP contribution in [0.5, 0.6) is 0 Å². The van der Waals surface area contributed by atoms with Crippen LogP contribution < -0.4 is 10.2 Å². The summed E-state index contributed by atoms with van der Waals surface area (Å²) >= 11 is 0. The Morgan fingerprint density at radius 3 is 2.56 bits per heavy atom. The van der Waals surface area contributed by atoms with Crippen LogP contribution in [-0.4, -0.2) is 49.1 Å². The van der Waals surface area contributed by atoms with E-state index in [4.69, 9.17) is 0 Å². The summed E-state index contributed by atoms with van der Waals surface area (Å²) in [5, 5.41) is 3.75. The quantitative estimate of drug-likeness (QED) is 0.826. The highest BCUT2D eigenvalue weighted by atomic mass is 19.1. The first-order chi connectivity index (χ1) is 13.2. The minimum atomic E-state index is -0.222. The Morgan fingerprint density at radius 2 is 1.89 bits per heavy atom. The highest BCUT2D eigenvalue weighted by Gasteiger charge is 2.46. The normalized spacial score (nSPS) is 25.6. The van der Waals surface area contributed by atoms with Crippen molar-refractivity contribution >= 4 is 12.1 Å². The molecule has 0 saturated carbocycles. The third-order valence-corrected chi connectivity index (χ3v) is 6.03. The van der Waals surface area contributed by atoms with Gasteiger partial charge in [-0.3, -0.25) is 4.79 Å². The SMILES string of the molecule is O=CN1CCN(c2ccc(F)cc2)CC1[C@@]1(Cc2ccccc2)CCCN1. The van der Waals surface area contributed by atoms with Crippen molar-refractivity contribution in [1.82, 2.24) is 10.2 Å². The Kier molecular flexibility index (Phi) is 5.12. The molecule has 2 aliphatic rings. The average molecular weight is 367 g/mol. The van der Waals surface area contributed by atoms with Gasteiger partial charge in [-0.25, -0.2) is 4.39 Å². The van der Waals surface area contributed by atoms with Gasteiger partial charge in [0.1, 0.15) is 5.82 Å². The second-order valence-electron chi connectivity index (χ2n) is 7.63. The summed E-state index contributed by atoms with van der Waals surface area (Å²) in [6, 6.07) is 17.2. The molecule has 1 N–H and O–H groups in total. The van der Waals surface area contributed by atoms with Crippen LogP contribution in [0.25, 0.3) is 0 Å². The fourth-order valence-corrected chi connectivity index (χ4v) is 4.64. The van der Waals surface area contributed by atoms with Crippen molar-refractivity contribution in [2.24, 2.45) is 0 Å². The predicted octanol–water partition coefficient (Wildman–Crippen LogP) is 2.84. The van der Waals surface area contributed by atoms with E-state index in [9.17, 15) is 9.18 Å². The molecule has 0 bridgehead atoms.